The number of nitrogens with one attached hydrogen (secondary N) is 1. The fraction of sp³-hybridized carbons (Fsp3) is 0.263. The predicted octanol–water partition coefficient (Wildman–Crippen LogP) is 3.79. The van der Waals surface area contributed by atoms with Gasteiger partial charge in [-0.25, -0.2) is 4.79 Å². The fourth-order valence-electron chi connectivity index (χ4n) is 2.43. The van der Waals surface area contributed by atoms with E-state index in [-0.39, 0.29) is 5.91 Å². The summed E-state index contributed by atoms with van der Waals surface area (Å²) in [6, 6.07) is 13.9. The maximum atomic E-state index is 12.4. The van der Waals surface area contributed by atoms with Crippen LogP contribution in [0.1, 0.15) is 27.6 Å². The van der Waals surface area contributed by atoms with Gasteiger partial charge in [0.25, 0.3) is 5.91 Å². The van der Waals surface area contributed by atoms with E-state index in [2.05, 4.69) is 21.9 Å². The largest absolute Gasteiger partial charge is 0.465 e. The summed E-state index contributed by atoms with van der Waals surface area (Å²) in [5.41, 5.74) is 2.57. The highest BCUT2D eigenvalue weighted by atomic mass is 35.5. The molecule has 25 heavy (non-hydrogen) atoms. The Morgan fingerprint density at radius 1 is 1.12 bits per heavy atom. The molecule has 0 radical (unpaired) electrons. The van der Waals surface area contributed by atoms with Crippen LogP contribution in [0.4, 0.5) is 11.4 Å². The second kappa shape index (κ2) is 9.08. The van der Waals surface area contributed by atoms with E-state index >= 15 is 0 Å². The zero-order valence-corrected chi connectivity index (χ0v) is 15.0. The first kappa shape index (κ1) is 18.8. The Balaban J connectivity index is 2.11. The van der Waals surface area contributed by atoms with Crippen molar-refractivity contribution in [3.8, 4) is 0 Å². The highest BCUT2D eigenvalue weighted by Gasteiger charge is 2.10. The topological polar surface area (TPSA) is 58.6 Å². The van der Waals surface area contributed by atoms with Gasteiger partial charge in [0, 0.05) is 35.9 Å². The molecule has 0 unspecified atom stereocenters. The molecule has 132 valence electrons. The maximum Gasteiger partial charge on any atom is 0.337 e. The lowest BCUT2D eigenvalue weighted by atomic mass is 10.1. The number of benzene rings is 2. The Bertz CT molecular complexity index is 732. The first-order valence-electron chi connectivity index (χ1n) is 7.99. The molecule has 2 rings (SSSR count). The van der Waals surface area contributed by atoms with Crippen molar-refractivity contribution in [3.63, 3.8) is 0 Å². The number of ether oxygens (including phenoxy) is 1. The minimum atomic E-state index is -0.432. The van der Waals surface area contributed by atoms with Gasteiger partial charge in [0.2, 0.25) is 0 Å². The molecule has 5 nitrogen and oxygen atoms in total. The highest BCUT2D eigenvalue weighted by Crippen LogP contribution is 2.20. The maximum absolute atomic E-state index is 12.4. The first-order chi connectivity index (χ1) is 12.1. The van der Waals surface area contributed by atoms with Crippen molar-refractivity contribution < 1.29 is 14.3 Å². The van der Waals surface area contributed by atoms with E-state index in [9.17, 15) is 9.59 Å². The van der Waals surface area contributed by atoms with Crippen molar-refractivity contribution in [2.24, 2.45) is 0 Å². The molecule has 0 aliphatic rings. The number of anilines is 2. The smallest absolute Gasteiger partial charge is 0.337 e. The number of carbonyl (C=O) groups excluding carboxylic acids is 2. The van der Waals surface area contributed by atoms with E-state index < -0.39 is 5.97 Å². The van der Waals surface area contributed by atoms with Gasteiger partial charge in [-0.3, -0.25) is 4.79 Å². The van der Waals surface area contributed by atoms with E-state index in [1.165, 1.54) is 7.11 Å². The van der Waals surface area contributed by atoms with Gasteiger partial charge in [0.05, 0.1) is 12.7 Å². The van der Waals surface area contributed by atoms with Crippen LogP contribution in [0.5, 0.6) is 0 Å². The molecule has 0 aromatic heterocycles. The summed E-state index contributed by atoms with van der Waals surface area (Å²) in [7, 11) is 1.32. The average molecular weight is 361 g/mol. The summed E-state index contributed by atoms with van der Waals surface area (Å²) < 4.78 is 4.64. The molecule has 6 heteroatoms. The normalized spacial score (nSPS) is 10.2. The van der Waals surface area contributed by atoms with E-state index in [0.29, 0.717) is 22.7 Å². The molecular formula is C19H21ClN2O3. The van der Waals surface area contributed by atoms with Crippen molar-refractivity contribution in [2.75, 3.05) is 36.3 Å². The number of nitrogens with zero attached hydrogens (tertiary/aromatic N) is 1. The Hall–Kier alpha value is -2.53. The number of hydrogen-bond acceptors (Lipinski definition) is 4. The Morgan fingerprint density at radius 2 is 1.80 bits per heavy atom. The fourth-order valence-corrected chi connectivity index (χ4v) is 2.64. The third-order valence-electron chi connectivity index (χ3n) is 3.77. The lowest BCUT2D eigenvalue weighted by molar-refractivity contribution is 0.0600. The minimum Gasteiger partial charge on any atom is -0.465 e. The third-order valence-corrected chi connectivity index (χ3v) is 3.94. The van der Waals surface area contributed by atoms with Gasteiger partial charge in [-0.2, -0.15) is 0 Å². The quantitative estimate of drug-likeness (QED) is 0.603. The standard InChI is InChI=1S/C19H21ClN2O3/c1-3-22(12-11-20)17-6-4-5-16(13-17)21-18(23)14-7-9-15(10-8-14)19(24)25-2/h4-10,13H,3,11-12H2,1-2H3,(H,21,23). The van der Waals surface area contributed by atoms with Crippen molar-refractivity contribution >= 4 is 34.9 Å². The van der Waals surface area contributed by atoms with Crippen LogP contribution in [0.2, 0.25) is 0 Å². The lowest BCUT2D eigenvalue weighted by Gasteiger charge is -2.22. The molecule has 1 amide bonds. The Labute approximate surface area is 152 Å². The van der Waals surface area contributed by atoms with Crippen molar-refractivity contribution in [3.05, 3.63) is 59.7 Å². The summed E-state index contributed by atoms with van der Waals surface area (Å²) in [4.78, 5) is 25.9. The number of amides is 1. The number of carbonyl (C=O) groups is 2. The SMILES string of the molecule is CCN(CCCl)c1cccc(NC(=O)c2ccc(C(=O)OC)cc2)c1. The van der Waals surface area contributed by atoms with Gasteiger partial charge in [0.15, 0.2) is 0 Å². The van der Waals surface area contributed by atoms with E-state index in [1.807, 2.05) is 24.3 Å². The molecule has 2 aromatic carbocycles. The number of halogens is 1. The lowest BCUT2D eigenvalue weighted by Crippen LogP contribution is -2.25. The van der Waals surface area contributed by atoms with Crippen LogP contribution in [0.3, 0.4) is 0 Å². The van der Waals surface area contributed by atoms with Crippen LogP contribution in [0.25, 0.3) is 0 Å². The van der Waals surface area contributed by atoms with E-state index in [1.54, 1.807) is 24.3 Å². The monoisotopic (exact) mass is 360 g/mol. The minimum absolute atomic E-state index is 0.242. The average Bonchev–Trinajstić information content (AvgIpc) is 2.65. The number of esters is 1. The molecule has 0 heterocycles. The zero-order chi connectivity index (χ0) is 18.2. The molecule has 0 aliphatic carbocycles. The number of rotatable bonds is 7. The summed E-state index contributed by atoms with van der Waals surface area (Å²) >= 11 is 5.83. The zero-order valence-electron chi connectivity index (χ0n) is 14.3. The van der Waals surface area contributed by atoms with Gasteiger partial charge in [-0.05, 0) is 49.4 Å². The summed E-state index contributed by atoms with van der Waals surface area (Å²) in [5, 5.41) is 2.87. The van der Waals surface area contributed by atoms with Crippen LogP contribution in [0.15, 0.2) is 48.5 Å². The Kier molecular flexibility index (Phi) is 6.83. The van der Waals surface area contributed by atoms with Gasteiger partial charge in [-0.1, -0.05) is 6.07 Å². The van der Waals surface area contributed by atoms with Gasteiger partial charge in [0.1, 0.15) is 0 Å². The van der Waals surface area contributed by atoms with Crippen molar-refractivity contribution in [1.29, 1.82) is 0 Å². The number of hydrogen-bond donors (Lipinski definition) is 1. The summed E-state index contributed by atoms with van der Waals surface area (Å²) in [5.74, 6) is -0.135. The van der Waals surface area contributed by atoms with E-state index in [4.69, 9.17) is 11.6 Å². The van der Waals surface area contributed by atoms with Gasteiger partial charge in [-0.15, -0.1) is 11.6 Å². The van der Waals surface area contributed by atoms with Crippen LogP contribution in [-0.2, 0) is 4.74 Å². The van der Waals surface area contributed by atoms with Crippen LogP contribution in [0, 0.1) is 0 Å². The Morgan fingerprint density at radius 3 is 2.40 bits per heavy atom. The molecule has 0 saturated heterocycles. The molecule has 0 aliphatic heterocycles. The molecule has 0 spiro atoms. The van der Waals surface area contributed by atoms with Crippen LogP contribution >= 0.6 is 11.6 Å². The van der Waals surface area contributed by atoms with Crippen LogP contribution in [-0.4, -0.2) is 38.0 Å². The van der Waals surface area contributed by atoms with Crippen molar-refractivity contribution in [2.45, 2.75) is 6.92 Å². The van der Waals surface area contributed by atoms with Crippen molar-refractivity contribution in [1.82, 2.24) is 0 Å². The molecular weight excluding hydrogens is 340 g/mol. The van der Waals surface area contributed by atoms with Gasteiger partial charge < -0.3 is 15.0 Å². The molecule has 0 saturated carbocycles. The van der Waals surface area contributed by atoms with Crippen LogP contribution < -0.4 is 10.2 Å². The van der Waals surface area contributed by atoms with E-state index in [0.717, 1.165) is 18.8 Å². The molecule has 0 bridgehead atoms. The molecule has 0 atom stereocenters. The summed E-state index contributed by atoms with van der Waals surface area (Å²) in [6.45, 7) is 3.63. The second-order valence-electron chi connectivity index (χ2n) is 5.34. The highest BCUT2D eigenvalue weighted by molar-refractivity contribution is 6.18. The molecule has 0 fully saturated rings. The first-order valence-corrected chi connectivity index (χ1v) is 8.53. The van der Waals surface area contributed by atoms with Gasteiger partial charge >= 0.3 is 5.97 Å². The summed E-state index contributed by atoms with van der Waals surface area (Å²) in [6.07, 6.45) is 0. The number of methoxy groups -OCH3 is 1. The molecule has 1 N–H and O–H groups in total. The second-order valence-corrected chi connectivity index (χ2v) is 5.72. The predicted molar refractivity (Wildman–Crippen MR) is 101 cm³/mol. The number of alkyl halides is 1. The third kappa shape index (κ3) is 4.97. The molecule has 2 aromatic rings.